The molecular formula is C10H8F2N2O2. The first-order valence-electron chi connectivity index (χ1n) is 4.45. The number of alkyl halides is 2. The van der Waals surface area contributed by atoms with E-state index < -0.39 is 18.1 Å². The summed E-state index contributed by atoms with van der Waals surface area (Å²) >= 11 is 0. The molecule has 0 unspecified atom stereocenters. The van der Waals surface area contributed by atoms with Gasteiger partial charge in [-0.15, -0.1) is 0 Å². The van der Waals surface area contributed by atoms with Gasteiger partial charge in [-0.05, 0) is 13.0 Å². The molecule has 1 aromatic heterocycles. The van der Waals surface area contributed by atoms with E-state index in [1.165, 1.54) is 0 Å². The molecule has 0 spiro atoms. The zero-order valence-corrected chi connectivity index (χ0v) is 8.41. The molecule has 16 heavy (non-hydrogen) atoms. The van der Waals surface area contributed by atoms with Crippen LogP contribution in [-0.2, 0) is 4.74 Å². The number of carbonyl (C=O) groups is 1. The van der Waals surface area contributed by atoms with Crippen molar-refractivity contribution in [3.63, 3.8) is 0 Å². The van der Waals surface area contributed by atoms with Crippen molar-refractivity contribution in [3.8, 4) is 6.07 Å². The Morgan fingerprint density at radius 1 is 1.69 bits per heavy atom. The Morgan fingerprint density at radius 2 is 2.38 bits per heavy atom. The van der Waals surface area contributed by atoms with E-state index in [1.807, 2.05) is 0 Å². The summed E-state index contributed by atoms with van der Waals surface area (Å²) in [7, 11) is 0. The average Bonchev–Trinajstić information content (AvgIpc) is 2.28. The van der Waals surface area contributed by atoms with Gasteiger partial charge in [0.1, 0.15) is 11.8 Å². The molecule has 0 fully saturated rings. The lowest BCUT2D eigenvalue weighted by atomic mass is 10.1. The lowest BCUT2D eigenvalue weighted by Crippen LogP contribution is -2.07. The van der Waals surface area contributed by atoms with Gasteiger partial charge < -0.3 is 4.74 Å². The molecule has 6 heteroatoms. The van der Waals surface area contributed by atoms with E-state index in [9.17, 15) is 13.6 Å². The maximum atomic E-state index is 12.4. The number of pyridine rings is 1. The third kappa shape index (κ3) is 2.51. The van der Waals surface area contributed by atoms with Gasteiger partial charge in [0.05, 0.1) is 17.7 Å². The van der Waals surface area contributed by atoms with E-state index in [0.717, 1.165) is 12.3 Å². The van der Waals surface area contributed by atoms with Crippen molar-refractivity contribution in [3.05, 3.63) is 29.1 Å². The number of aromatic nitrogens is 1. The number of nitrogens with zero attached hydrogens (tertiary/aromatic N) is 2. The molecule has 0 aliphatic rings. The summed E-state index contributed by atoms with van der Waals surface area (Å²) in [4.78, 5) is 14.6. The first-order valence-corrected chi connectivity index (χ1v) is 4.45. The van der Waals surface area contributed by atoms with Gasteiger partial charge in [0.25, 0.3) is 6.43 Å². The monoisotopic (exact) mass is 226 g/mol. The summed E-state index contributed by atoms with van der Waals surface area (Å²) in [5, 5.41) is 8.63. The Kier molecular flexibility index (Phi) is 3.89. The third-order valence-corrected chi connectivity index (χ3v) is 1.76. The Labute approximate surface area is 90.5 Å². The van der Waals surface area contributed by atoms with Crippen LogP contribution in [-0.4, -0.2) is 17.6 Å². The number of carbonyl (C=O) groups excluding carboxylic acids is 1. The SMILES string of the molecule is CCOC(=O)c1cnc(C(F)F)c(C#N)c1. The van der Waals surface area contributed by atoms with Gasteiger partial charge in [-0.1, -0.05) is 0 Å². The Hall–Kier alpha value is -2.03. The maximum absolute atomic E-state index is 12.4. The second kappa shape index (κ2) is 5.16. The van der Waals surface area contributed by atoms with Gasteiger partial charge in [0, 0.05) is 6.20 Å². The van der Waals surface area contributed by atoms with Crippen LogP contribution in [0.1, 0.15) is 35.0 Å². The van der Waals surface area contributed by atoms with Crippen LogP contribution < -0.4 is 0 Å². The van der Waals surface area contributed by atoms with Crippen LogP contribution in [0.2, 0.25) is 0 Å². The van der Waals surface area contributed by atoms with Crippen LogP contribution in [0.25, 0.3) is 0 Å². The fourth-order valence-corrected chi connectivity index (χ4v) is 1.06. The molecule has 0 amide bonds. The summed E-state index contributed by atoms with van der Waals surface area (Å²) in [5.74, 6) is -0.688. The van der Waals surface area contributed by atoms with Crippen LogP contribution in [0.3, 0.4) is 0 Å². The van der Waals surface area contributed by atoms with Gasteiger partial charge in [0.2, 0.25) is 0 Å². The molecule has 0 radical (unpaired) electrons. The summed E-state index contributed by atoms with van der Waals surface area (Å²) in [5.41, 5.74) is -0.959. The largest absolute Gasteiger partial charge is 0.462 e. The predicted molar refractivity (Wildman–Crippen MR) is 49.9 cm³/mol. The van der Waals surface area contributed by atoms with Crippen molar-refractivity contribution in [2.75, 3.05) is 6.61 Å². The Balaban J connectivity index is 3.10. The minimum absolute atomic E-state index is 0.0113. The fraction of sp³-hybridized carbons (Fsp3) is 0.300. The highest BCUT2D eigenvalue weighted by Gasteiger charge is 2.17. The number of rotatable bonds is 3. The third-order valence-electron chi connectivity index (χ3n) is 1.76. The molecule has 0 bridgehead atoms. The Morgan fingerprint density at radius 3 is 2.88 bits per heavy atom. The zero-order valence-electron chi connectivity index (χ0n) is 8.41. The molecule has 0 N–H and O–H groups in total. The minimum Gasteiger partial charge on any atom is -0.462 e. The van der Waals surface area contributed by atoms with Crippen molar-refractivity contribution in [1.29, 1.82) is 5.26 Å². The van der Waals surface area contributed by atoms with Crippen molar-refractivity contribution in [2.45, 2.75) is 13.3 Å². The molecule has 0 aromatic carbocycles. The molecule has 1 heterocycles. The number of halogens is 2. The van der Waals surface area contributed by atoms with Gasteiger partial charge >= 0.3 is 5.97 Å². The van der Waals surface area contributed by atoms with Crippen molar-refractivity contribution in [2.24, 2.45) is 0 Å². The molecule has 84 valence electrons. The normalized spacial score (nSPS) is 9.94. The summed E-state index contributed by atoms with van der Waals surface area (Å²) in [6.07, 6.45) is -1.87. The number of nitriles is 1. The van der Waals surface area contributed by atoms with Crippen LogP contribution in [0.15, 0.2) is 12.3 Å². The van der Waals surface area contributed by atoms with Gasteiger partial charge in [-0.2, -0.15) is 5.26 Å². The van der Waals surface area contributed by atoms with E-state index in [-0.39, 0.29) is 17.7 Å². The van der Waals surface area contributed by atoms with Crippen LogP contribution in [0.4, 0.5) is 8.78 Å². The second-order valence-electron chi connectivity index (χ2n) is 2.79. The Bertz CT molecular complexity index is 441. The molecule has 0 saturated heterocycles. The maximum Gasteiger partial charge on any atom is 0.339 e. The fourth-order valence-electron chi connectivity index (χ4n) is 1.06. The van der Waals surface area contributed by atoms with Gasteiger partial charge in [-0.3, -0.25) is 4.98 Å². The van der Waals surface area contributed by atoms with Crippen molar-refractivity contribution < 1.29 is 18.3 Å². The predicted octanol–water partition coefficient (Wildman–Crippen LogP) is 2.07. The molecule has 0 aliphatic carbocycles. The van der Waals surface area contributed by atoms with E-state index in [2.05, 4.69) is 9.72 Å². The standard InChI is InChI=1S/C10H8F2N2O2/c1-2-16-10(15)7-3-6(4-13)8(9(11)12)14-5-7/h3,5,9H,2H2,1H3. The first kappa shape index (κ1) is 12.0. The topological polar surface area (TPSA) is 63.0 Å². The lowest BCUT2D eigenvalue weighted by Gasteiger charge is -2.04. The quantitative estimate of drug-likeness (QED) is 0.740. The molecule has 0 saturated carbocycles. The van der Waals surface area contributed by atoms with Gasteiger partial charge in [-0.25, -0.2) is 13.6 Å². The summed E-state index contributed by atoms with van der Waals surface area (Å²) in [6, 6.07) is 2.61. The van der Waals surface area contributed by atoms with Crippen molar-refractivity contribution >= 4 is 5.97 Å². The molecule has 1 rings (SSSR count). The molecule has 4 nitrogen and oxygen atoms in total. The molecule has 0 aliphatic heterocycles. The molecular weight excluding hydrogens is 218 g/mol. The highest BCUT2D eigenvalue weighted by atomic mass is 19.3. The first-order chi connectivity index (χ1) is 7.60. The molecule has 1 aromatic rings. The summed E-state index contributed by atoms with van der Waals surface area (Å²) < 4.78 is 29.4. The lowest BCUT2D eigenvalue weighted by molar-refractivity contribution is 0.0525. The van der Waals surface area contributed by atoms with E-state index in [1.54, 1.807) is 13.0 Å². The number of ether oxygens (including phenoxy) is 1. The van der Waals surface area contributed by atoms with E-state index >= 15 is 0 Å². The van der Waals surface area contributed by atoms with E-state index in [0.29, 0.717) is 0 Å². The minimum atomic E-state index is -2.84. The summed E-state index contributed by atoms with van der Waals surface area (Å²) in [6.45, 7) is 1.78. The molecule has 0 atom stereocenters. The average molecular weight is 226 g/mol. The van der Waals surface area contributed by atoms with E-state index in [4.69, 9.17) is 5.26 Å². The van der Waals surface area contributed by atoms with Crippen molar-refractivity contribution in [1.82, 2.24) is 4.98 Å². The van der Waals surface area contributed by atoms with Crippen LogP contribution in [0.5, 0.6) is 0 Å². The highest BCUT2D eigenvalue weighted by Crippen LogP contribution is 2.20. The number of hydrogen-bond acceptors (Lipinski definition) is 4. The van der Waals surface area contributed by atoms with Crippen LogP contribution >= 0.6 is 0 Å². The number of esters is 1. The smallest absolute Gasteiger partial charge is 0.339 e. The highest BCUT2D eigenvalue weighted by molar-refractivity contribution is 5.89. The second-order valence-corrected chi connectivity index (χ2v) is 2.79. The number of hydrogen-bond donors (Lipinski definition) is 0. The van der Waals surface area contributed by atoms with Gasteiger partial charge in [0.15, 0.2) is 0 Å². The zero-order chi connectivity index (χ0) is 12.1. The van der Waals surface area contributed by atoms with Crippen LogP contribution in [0, 0.1) is 11.3 Å².